The van der Waals surface area contributed by atoms with Gasteiger partial charge in [-0.1, -0.05) is 17.3 Å². The van der Waals surface area contributed by atoms with Crippen molar-refractivity contribution in [1.29, 1.82) is 0 Å². The van der Waals surface area contributed by atoms with E-state index in [9.17, 15) is 4.79 Å². The van der Waals surface area contributed by atoms with Crippen LogP contribution in [-0.2, 0) is 6.54 Å². The maximum absolute atomic E-state index is 12.3. The molecule has 1 aromatic carbocycles. The number of aromatic nitrogens is 3. The van der Waals surface area contributed by atoms with Gasteiger partial charge < -0.3 is 19.9 Å². The molecule has 134 valence electrons. The fraction of sp³-hybridized carbons (Fsp3) is 0.222. The van der Waals surface area contributed by atoms with Gasteiger partial charge in [0.2, 0.25) is 0 Å². The molecular formula is C18H19N5O3. The first-order valence-electron chi connectivity index (χ1n) is 8.00. The quantitative estimate of drug-likeness (QED) is 0.702. The molecule has 1 amide bonds. The van der Waals surface area contributed by atoms with Crippen molar-refractivity contribution in [2.24, 2.45) is 0 Å². The van der Waals surface area contributed by atoms with Gasteiger partial charge in [-0.25, -0.2) is 9.97 Å². The number of ether oxygens (including phenoxy) is 1. The van der Waals surface area contributed by atoms with Crippen molar-refractivity contribution in [3.05, 3.63) is 59.2 Å². The third kappa shape index (κ3) is 4.35. The Hall–Kier alpha value is -3.42. The highest BCUT2D eigenvalue weighted by Crippen LogP contribution is 2.14. The van der Waals surface area contributed by atoms with Crippen molar-refractivity contribution in [2.45, 2.75) is 20.4 Å². The average molecular weight is 353 g/mol. The smallest absolute Gasteiger partial charge is 0.275 e. The number of rotatable bonds is 6. The first kappa shape index (κ1) is 17.4. The predicted octanol–water partition coefficient (Wildman–Crippen LogP) is 2.95. The Morgan fingerprint density at radius 2 is 1.88 bits per heavy atom. The molecule has 2 aromatic heterocycles. The van der Waals surface area contributed by atoms with Crippen molar-refractivity contribution in [3.8, 4) is 5.75 Å². The maximum Gasteiger partial charge on any atom is 0.275 e. The SMILES string of the molecule is COc1ccc(CNc2cc(C(=O)Nc3cc(C)on3)nc(C)n2)cc1. The van der Waals surface area contributed by atoms with Crippen LogP contribution in [0.5, 0.6) is 5.75 Å². The second kappa shape index (κ2) is 7.64. The van der Waals surface area contributed by atoms with E-state index in [1.807, 2.05) is 24.3 Å². The lowest BCUT2D eigenvalue weighted by Crippen LogP contribution is -2.16. The van der Waals surface area contributed by atoms with Crippen LogP contribution in [0, 0.1) is 13.8 Å². The number of methoxy groups -OCH3 is 1. The zero-order chi connectivity index (χ0) is 18.5. The Balaban J connectivity index is 1.69. The van der Waals surface area contributed by atoms with Gasteiger partial charge in [0.25, 0.3) is 5.91 Å². The number of carbonyl (C=O) groups is 1. The molecule has 0 aliphatic carbocycles. The molecule has 26 heavy (non-hydrogen) atoms. The summed E-state index contributed by atoms with van der Waals surface area (Å²) in [5, 5.41) is 9.58. The summed E-state index contributed by atoms with van der Waals surface area (Å²) in [7, 11) is 1.63. The van der Waals surface area contributed by atoms with E-state index in [4.69, 9.17) is 9.26 Å². The maximum atomic E-state index is 12.3. The summed E-state index contributed by atoms with van der Waals surface area (Å²) < 4.78 is 10.1. The highest BCUT2D eigenvalue weighted by molar-refractivity contribution is 6.02. The first-order valence-corrected chi connectivity index (χ1v) is 8.00. The van der Waals surface area contributed by atoms with E-state index in [0.29, 0.717) is 29.8 Å². The van der Waals surface area contributed by atoms with Gasteiger partial charge in [-0.15, -0.1) is 0 Å². The minimum atomic E-state index is -0.378. The minimum absolute atomic E-state index is 0.246. The van der Waals surface area contributed by atoms with Crippen LogP contribution in [0.4, 0.5) is 11.6 Å². The average Bonchev–Trinajstić information content (AvgIpc) is 3.04. The molecule has 0 atom stereocenters. The fourth-order valence-electron chi connectivity index (χ4n) is 2.32. The molecule has 0 saturated heterocycles. The third-order valence-electron chi connectivity index (χ3n) is 3.57. The van der Waals surface area contributed by atoms with Crippen LogP contribution in [-0.4, -0.2) is 28.1 Å². The molecule has 3 rings (SSSR count). The van der Waals surface area contributed by atoms with E-state index < -0.39 is 0 Å². The Labute approximate surface area is 150 Å². The second-order valence-electron chi connectivity index (χ2n) is 5.66. The number of carbonyl (C=O) groups excluding carboxylic acids is 1. The second-order valence-corrected chi connectivity index (χ2v) is 5.66. The number of nitrogens with zero attached hydrogens (tertiary/aromatic N) is 3. The Morgan fingerprint density at radius 3 is 2.54 bits per heavy atom. The Bertz CT molecular complexity index is 905. The van der Waals surface area contributed by atoms with Crippen LogP contribution in [0.2, 0.25) is 0 Å². The topological polar surface area (TPSA) is 102 Å². The molecule has 0 aliphatic heterocycles. The highest BCUT2D eigenvalue weighted by atomic mass is 16.5. The standard InChI is InChI=1S/C18H19N5O3/c1-11-8-17(23-26-11)22-18(24)15-9-16(21-12(2)20-15)19-10-13-4-6-14(25-3)7-5-13/h4-9H,10H2,1-3H3,(H,19,20,21)(H,22,23,24). The van der Waals surface area contributed by atoms with Crippen LogP contribution in [0.25, 0.3) is 0 Å². The number of aryl methyl sites for hydroxylation is 2. The van der Waals surface area contributed by atoms with Crippen molar-refractivity contribution < 1.29 is 14.1 Å². The normalized spacial score (nSPS) is 10.4. The van der Waals surface area contributed by atoms with Crippen molar-refractivity contribution in [3.63, 3.8) is 0 Å². The lowest BCUT2D eigenvalue weighted by Gasteiger charge is -2.09. The number of nitrogens with one attached hydrogen (secondary N) is 2. The molecule has 8 heteroatoms. The van der Waals surface area contributed by atoms with E-state index in [0.717, 1.165) is 11.3 Å². The van der Waals surface area contributed by atoms with Crippen LogP contribution in [0.1, 0.15) is 27.6 Å². The number of anilines is 2. The molecule has 0 saturated carbocycles. The summed E-state index contributed by atoms with van der Waals surface area (Å²) in [6.07, 6.45) is 0. The van der Waals surface area contributed by atoms with Gasteiger partial charge >= 0.3 is 0 Å². The summed E-state index contributed by atoms with van der Waals surface area (Å²) in [6.45, 7) is 4.04. The fourth-order valence-corrected chi connectivity index (χ4v) is 2.32. The first-order chi connectivity index (χ1) is 12.5. The lowest BCUT2D eigenvalue weighted by molar-refractivity contribution is 0.102. The molecular weight excluding hydrogens is 334 g/mol. The van der Waals surface area contributed by atoms with Gasteiger partial charge in [0.05, 0.1) is 7.11 Å². The molecule has 0 aliphatic rings. The van der Waals surface area contributed by atoms with Gasteiger partial charge in [-0.2, -0.15) is 0 Å². The summed E-state index contributed by atoms with van der Waals surface area (Å²) in [4.78, 5) is 20.8. The molecule has 0 spiro atoms. The Kier molecular flexibility index (Phi) is 5.12. The van der Waals surface area contributed by atoms with Crippen molar-refractivity contribution in [2.75, 3.05) is 17.7 Å². The summed E-state index contributed by atoms with van der Waals surface area (Å²) in [5.41, 5.74) is 1.31. The number of benzene rings is 1. The number of hydrogen-bond acceptors (Lipinski definition) is 7. The molecule has 0 fully saturated rings. The van der Waals surface area contributed by atoms with Crippen molar-refractivity contribution >= 4 is 17.5 Å². The number of hydrogen-bond donors (Lipinski definition) is 2. The zero-order valence-electron chi connectivity index (χ0n) is 14.7. The zero-order valence-corrected chi connectivity index (χ0v) is 14.7. The molecule has 0 unspecified atom stereocenters. The number of amides is 1. The molecule has 8 nitrogen and oxygen atoms in total. The lowest BCUT2D eigenvalue weighted by atomic mass is 10.2. The van der Waals surface area contributed by atoms with E-state index in [-0.39, 0.29) is 11.6 Å². The molecule has 2 N–H and O–H groups in total. The van der Waals surface area contributed by atoms with Gasteiger partial charge in [0.15, 0.2) is 5.82 Å². The molecule has 3 aromatic rings. The van der Waals surface area contributed by atoms with E-state index in [2.05, 4.69) is 25.8 Å². The van der Waals surface area contributed by atoms with Crippen LogP contribution >= 0.6 is 0 Å². The van der Waals surface area contributed by atoms with E-state index >= 15 is 0 Å². The molecule has 0 bridgehead atoms. The monoisotopic (exact) mass is 353 g/mol. The highest BCUT2D eigenvalue weighted by Gasteiger charge is 2.13. The van der Waals surface area contributed by atoms with Gasteiger partial charge in [-0.05, 0) is 31.5 Å². The van der Waals surface area contributed by atoms with Crippen LogP contribution < -0.4 is 15.4 Å². The van der Waals surface area contributed by atoms with E-state index in [1.165, 1.54) is 0 Å². The van der Waals surface area contributed by atoms with Gasteiger partial charge in [0, 0.05) is 18.7 Å². The summed E-state index contributed by atoms with van der Waals surface area (Å²) in [6, 6.07) is 10.9. The van der Waals surface area contributed by atoms with E-state index in [1.54, 1.807) is 33.1 Å². The summed E-state index contributed by atoms with van der Waals surface area (Å²) >= 11 is 0. The summed E-state index contributed by atoms with van der Waals surface area (Å²) in [5.74, 6) is 2.43. The van der Waals surface area contributed by atoms with Gasteiger partial charge in [-0.3, -0.25) is 4.79 Å². The third-order valence-corrected chi connectivity index (χ3v) is 3.57. The minimum Gasteiger partial charge on any atom is -0.497 e. The van der Waals surface area contributed by atoms with Crippen molar-refractivity contribution in [1.82, 2.24) is 15.1 Å². The van der Waals surface area contributed by atoms with Crippen LogP contribution in [0.15, 0.2) is 40.9 Å². The predicted molar refractivity (Wildman–Crippen MR) is 96.3 cm³/mol. The largest absolute Gasteiger partial charge is 0.497 e. The molecule has 2 heterocycles. The van der Waals surface area contributed by atoms with Gasteiger partial charge in [0.1, 0.15) is 28.8 Å². The molecule has 0 radical (unpaired) electrons. The Morgan fingerprint density at radius 1 is 1.12 bits per heavy atom. The van der Waals surface area contributed by atoms with Crippen LogP contribution in [0.3, 0.4) is 0 Å².